The maximum absolute atomic E-state index is 13.4. The molecule has 0 aromatic carbocycles. The summed E-state index contributed by atoms with van der Waals surface area (Å²) in [5, 5.41) is 8.57. The van der Waals surface area contributed by atoms with Crippen molar-refractivity contribution < 1.29 is 44.6 Å². The molecule has 0 amide bonds. The van der Waals surface area contributed by atoms with E-state index in [-0.39, 0.29) is 13.0 Å². The van der Waals surface area contributed by atoms with E-state index in [9.17, 15) is 39.5 Å². The maximum Gasteiger partial charge on any atom is 0.460 e. The topological polar surface area (TPSA) is 20.2 Å². The van der Waals surface area contributed by atoms with Crippen LogP contribution in [-0.4, -0.2) is 35.7 Å². The van der Waals surface area contributed by atoms with E-state index in [1.807, 2.05) is 0 Å². The Bertz CT molecular complexity index is 380. The average Bonchev–Trinajstić information content (AvgIpc) is 2.44. The molecule has 0 bridgehead atoms. The van der Waals surface area contributed by atoms with E-state index < -0.39 is 36.3 Å². The van der Waals surface area contributed by atoms with Gasteiger partial charge in [-0.2, -0.15) is 39.5 Å². The molecule has 25 heavy (non-hydrogen) atoms. The molecule has 0 spiro atoms. The summed E-state index contributed by atoms with van der Waals surface area (Å²) in [5.41, 5.74) is 0. The van der Waals surface area contributed by atoms with E-state index in [0.717, 1.165) is 26.2 Å². The van der Waals surface area contributed by atoms with Gasteiger partial charge >= 0.3 is 23.9 Å². The van der Waals surface area contributed by atoms with Crippen LogP contribution >= 0.6 is 0 Å². The van der Waals surface area contributed by atoms with Gasteiger partial charge in [0.05, 0.1) is 0 Å². The summed E-state index contributed by atoms with van der Waals surface area (Å²) in [5.74, 6) is -19.9. The van der Waals surface area contributed by atoms with Crippen molar-refractivity contribution in [2.75, 3.05) is 6.61 Å². The molecular formula is C15H23F9O. The molecule has 0 radical (unpaired) electrons. The van der Waals surface area contributed by atoms with Crippen LogP contribution in [0.15, 0.2) is 0 Å². The minimum Gasteiger partial charge on any atom is -0.396 e. The number of halogens is 9. The Balaban J connectivity index is 4.54. The molecule has 1 N–H and O–H groups in total. The lowest BCUT2D eigenvalue weighted by Gasteiger charge is -2.34. The third-order valence-electron chi connectivity index (χ3n) is 3.92. The van der Waals surface area contributed by atoms with Crippen LogP contribution in [0, 0.1) is 5.92 Å². The number of aliphatic hydroxyl groups excluding tert-OH is 1. The zero-order valence-electron chi connectivity index (χ0n) is 13.8. The highest BCUT2D eigenvalue weighted by molar-refractivity contribution is 5.00. The fraction of sp³-hybridized carbons (Fsp3) is 1.00. The fourth-order valence-electron chi connectivity index (χ4n) is 2.39. The molecule has 152 valence electrons. The normalized spacial score (nSPS) is 15.5. The second-order valence-electron chi connectivity index (χ2n) is 6.29. The van der Waals surface area contributed by atoms with Gasteiger partial charge in [-0.3, -0.25) is 0 Å². The molecule has 0 saturated heterocycles. The minimum atomic E-state index is -6.81. The van der Waals surface area contributed by atoms with Crippen LogP contribution in [0.25, 0.3) is 0 Å². The molecule has 0 aromatic heterocycles. The third kappa shape index (κ3) is 6.53. The first kappa shape index (κ1) is 24.3. The van der Waals surface area contributed by atoms with Gasteiger partial charge < -0.3 is 5.11 Å². The Morgan fingerprint density at radius 2 is 1.12 bits per heavy atom. The molecule has 0 aliphatic heterocycles. The molecule has 1 unspecified atom stereocenters. The molecule has 0 saturated carbocycles. The van der Waals surface area contributed by atoms with Crippen LogP contribution in [0.1, 0.15) is 58.3 Å². The van der Waals surface area contributed by atoms with Gasteiger partial charge in [-0.1, -0.05) is 45.4 Å². The largest absolute Gasteiger partial charge is 0.460 e. The highest BCUT2D eigenvalue weighted by atomic mass is 19.4. The lowest BCUT2D eigenvalue weighted by molar-refractivity contribution is -0.397. The van der Waals surface area contributed by atoms with Crippen LogP contribution in [0.3, 0.4) is 0 Å². The van der Waals surface area contributed by atoms with E-state index in [4.69, 9.17) is 5.11 Å². The number of alkyl halides is 9. The van der Waals surface area contributed by atoms with Crippen molar-refractivity contribution in [3.8, 4) is 0 Å². The quantitative estimate of drug-likeness (QED) is 0.311. The Hall–Kier alpha value is -0.670. The first-order valence-corrected chi connectivity index (χ1v) is 8.01. The number of rotatable bonds is 12. The monoisotopic (exact) mass is 390 g/mol. The lowest BCUT2D eigenvalue weighted by Crippen LogP contribution is -2.61. The summed E-state index contributed by atoms with van der Waals surface area (Å²) in [6.45, 7) is 1.17. The Morgan fingerprint density at radius 1 is 0.680 bits per heavy atom. The molecule has 0 aliphatic rings. The zero-order valence-corrected chi connectivity index (χ0v) is 13.8. The summed E-state index contributed by atoms with van der Waals surface area (Å²) >= 11 is 0. The fourth-order valence-corrected chi connectivity index (χ4v) is 2.39. The first-order valence-electron chi connectivity index (χ1n) is 8.01. The predicted molar refractivity (Wildman–Crippen MR) is 74.1 cm³/mol. The van der Waals surface area contributed by atoms with Crippen molar-refractivity contribution >= 4 is 0 Å². The van der Waals surface area contributed by atoms with E-state index in [1.165, 1.54) is 0 Å². The van der Waals surface area contributed by atoms with E-state index >= 15 is 0 Å². The number of unbranched alkanes of at least 4 members (excludes halogenated alkanes) is 5. The number of hydrogen-bond donors (Lipinski definition) is 1. The van der Waals surface area contributed by atoms with Crippen LogP contribution in [0.5, 0.6) is 0 Å². The first-order chi connectivity index (χ1) is 11.2. The Morgan fingerprint density at radius 3 is 1.56 bits per heavy atom. The van der Waals surface area contributed by atoms with Crippen LogP contribution < -0.4 is 0 Å². The van der Waals surface area contributed by atoms with Crippen LogP contribution in [0.2, 0.25) is 0 Å². The lowest BCUT2D eigenvalue weighted by atomic mass is 9.91. The second kappa shape index (κ2) is 9.32. The minimum absolute atomic E-state index is 0.0171. The van der Waals surface area contributed by atoms with Crippen LogP contribution in [-0.2, 0) is 0 Å². The summed E-state index contributed by atoms with van der Waals surface area (Å²) in [7, 11) is 0. The summed E-state index contributed by atoms with van der Waals surface area (Å²) in [6.07, 6.45) is -4.61. The predicted octanol–water partition coefficient (Wildman–Crippen LogP) is 6.20. The molecule has 1 nitrogen and oxygen atoms in total. The smallest absolute Gasteiger partial charge is 0.396 e. The number of hydrogen-bond acceptors (Lipinski definition) is 1. The highest BCUT2D eigenvalue weighted by Crippen LogP contribution is 2.54. The molecule has 10 heteroatoms. The van der Waals surface area contributed by atoms with Gasteiger partial charge in [0.25, 0.3) is 0 Å². The van der Waals surface area contributed by atoms with Gasteiger partial charge in [-0.25, -0.2) is 0 Å². The maximum atomic E-state index is 13.4. The average molecular weight is 390 g/mol. The van der Waals surface area contributed by atoms with Gasteiger partial charge in [0.1, 0.15) is 0 Å². The summed E-state index contributed by atoms with van der Waals surface area (Å²) in [6, 6.07) is 0. The molecule has 0 rings (SSSR count). The highest BCUT2D eigenvalue weighted by Gasteiger charge is 2.81. The zero-order chi connectivity index (χ0) is 19.9. The van der Waals surface area contributed by atoms with Gasteiger partial charge in [0.2, 0.25) is 0 Å². The van der Waals surface area contributed by atoms with Crippen molar-refractivity contribution in [2.24, 2.45) is 5.92 Å². The summed E-state index contributed by atoms with van der Waals surface area (Å²) in [4.78, 5) is 0. The van der Waals surface area contributed by atoms with Gasteiger partial charge in [0.15, 0.2) is 0 Å². The summed E-state index contributed by atoms with van der Waals surface area (Å²) < 4.78 is 115. The van der Waals surface area contributed by atoms with Crippen molar-refractivity contribution in [1.29, 1.82) is 0 Å². The van der Waals surface area contributed by atoms with E-state index in [2.05, 4.69) is 0 Å². The standard InChI is InChI=1S/C15H23F9O/c1-11(8-6-4-2-3-5-7-9-25)10-12(16,17)13(18,19)14(20,21)15(22,23)24/h11,25H,2-10H2,1H3. The van der Waals surface area contributed by atoms with Gasteiger partial charge in [-0.15, -0.1) is 0 Å². The van der Waals surface area contributed by atoms with Crippen LogP contribution in [0.4, 0.5) is 39.5 Å². The van der Waals surface area contributed by atoms with Gasteiger partial charge in [-0.05, 0) is 12.3 Å². The Kier molecular flexibility index (Phi) is 9.07. The molecular weight excluding hydrogens is 367 g/mol. The van der Waals surface area contributed by atoms with E-state index in [1.54, 1.807) is 0 Å². The molecule has 0 heterocycles. The van der Waals surface area contributed by atoms with Crippen molar-refractivity contribution in [3.05, 3.63) is 0 Å². The molecule has 0 aliphatic carbocycles. The Labute approximate surface area is 140 Å². The van der Waals surface area contributed by atoms with Crippen molar-refractivity contribution in [1.82, 2.24) is 0 Å². The molecule has 0 fully saturated rings. The van der Waals surface area contributed by atoms with Crippen molar-refractivity contribution in [3.63, 3.8) is 0 Å². The van der Waals surface area contributed by atoms with E-state index in [0.29, 0.717) is 19.3 Å². The molecule has 1 atom stereocenters. The third-order valence-corrected chi connectivity index (χ3v) is 3.92. The SMILES string of the molecule is CC(CCCCCCCCO)CC(F)(F)C(F)(F)C(F)(F)C(F)(F)F. The van der Waals surface area contributed by atoms with Crippen molar-refractivity contribution in [2.45, 2.75) is 82.2 Å². The molecule has 0 aromatic rings. The second-order valence-corrected chi connectivity index (χ2v) is 6.29. The number of aliphatic hydroxyl groups is 1. The van der Waals surface area contributed by atoms with Gasteiger partial charge in [0, 0.05) is 13.0 Å².